The quantitative estimate of drug-likeness (QED) is 0.0859. The normalized spacial score (nSPS) is 42.3. The average Bonchev–Trinajstić information content (AvgIpc) is 3.02. The number of rotatable bonds is 13. The summed E-state index contributed by atoms with van der Waals surface area (Å²) in [6, 6.07) is -2.87. The Hall–Kier alpha value is -2.19. The van der Waals surface area contributed by atoms with E-state index in [-0.39, 0.29) is 0 Å². The number of methoxy groups -OCH3 is 1. The molecule has 0 bridgehead atoms. The van der Waals surface area contributed by atoms with Crippen LogP contribution in [0.4, 0.5) is 0 Å². The number of amides is 2. The molecule has 47 heavy (non-hydrogen) atoms. The maximum Gasteiger partial charge on any atom is 0.217 e. The Labute approximate surface area is 267 Å². The standard InChI is InChI=1S/C26H43N2O19/c1-8(32)27-14-10(34)4-26(25(40)41,46-21(14)16(36)11(35)5-29)47-22-17(37)12(6-30)43-24(19(22)39)45-20-13(7-31)44-23(42-3)15(18(20)38)28-9(2)33/h10-24,29-31,34-36,38-39H,4-7H2,1-3H3,(H,27,32)(H,28,33)(H,40,41)/q-1/p-1/t10-,11+,12+,13+,14+,15+,16+,17-,18+,19+,20+,21+,22-,23+,24-,26-/m0/s1. The van der Waals surface area contributed by atoms with Gasteiger partial charge in [0.2, 0.25) is 17.6 Å². The Morgan fingerprint density at radius 3 is 2.00 bits per heavy atom. The summed E-state index contributed by atoms with van der Waals surface area (Å²) >= 11 is 0. The molecule has 21 heteroatoms. The molecular formula is C26H42N2O19-2. The molecule has 3 aliphatic heterocycles. The molecule has 3 fully saturated rings. The number of ether oxygens (including phenoxy) is 6. The average molecular weight is 687 g/mol. The highest BCUT2D eigenvalue weighted by atomic mass is 16.8. The first-order chi connectivity index (χ1) is 22.0. The van der Waals surface area contributed by atoms with Crippen molar-refractivity contribution in [1.29, 1.82) is 0 Å². The minimum Gasteiger partial charge on any atom is -0.848 e. The molecule has 2 amide bonds. The predicted molar refractivity (Wildman–Crippen MR) is 142 cm³/mol. The molecule has 10 N–H and O–H groups in total. The van der Waals surface area contributed by atoms with Crippen LogP contribution >= 0.6 is 0 Å². The fraction of sp³-hybridized carbons (Fsp3) is 0.885. The molecule has 3 rings (SSSR count). The summed E-state index contributed by atoms with van der Waals surface area (Å²) in [5, 5.41) is 113. The lowest BCUT2D eigenvalue weighted by atomic mass is 9.88. The number of carboxylic acids is 1. The number of carbonyl (C=O) groups excluding carboxylic acids is 3. The van der Waals surface area contributed by atoms with Crippen LogP contribution in [0.1, 0.15) is 20.3 Å². The zero-order chi connectivity index (χ0) is 35.4. The fourth-order valence-electron chi connectivity index (χ4n) is 5.73. The first kappa shape index (κ1) is 39.3. The van der Waals surface area contributed by atoms with Crippen molar-refractivity contribution < 1.29 is 93.9 Å². The second-order valence-electron chi connectivity index (χ2n) is 11.4. The number of aliphatic hydroxyl groups is 8. The van der Waals surface area contributed by atoms with Crippen molar-refractivity contribution in [2.45, 2.75) is 118 Å². The number of aliphatic hydroxyl groups excluding tert-OH is 8. The van der Waals surface area contributed by atoms with E-state index in [1.165, 1.54) is 7.11 Å². The molecule has 3 heterocycles. The van der Waals surface area contributed by atoms with Gasteiger partial charge in [0.05, 0.1) is 44.2 Å². The third-order valence-electron chi connectivity index (χ3n) is 8.04. The van der Waals surface area contributed by atoms with Gasteiger partial charge in [-0.3, -0.25) is 9.59 Å². The van der Waals surface area contributed by atoms with Gasteiger partial charge in [-0.2, -0.15) is 0 Å². The van der Waals surface area contributed by atoms with Crippen LogP contribution in [0, 0.1) is 0 Å². The summed E-state index contributed by atoms with van der Waals surface area (Å²) in [7, 11) is 1.20. The van der Waals surface area contributed by atoms with Crippen molar-refractivity contribution in [3.8, 4) is 0 Å². The van der Waals surface area contributed by atoms with Gasteiger partial charge in [0.15, 0.2) is 12.6 Å². The number of nitrogens with one attached hydrogen (secondary N) is 2. The van der Waals surface area contributed by atoms with Crippen LogP contribution in [0.3, 0.4) is 0 Å². The first-order valence-electron chi connectivity index (χ1n) is 14.5. The van der Waals surface area contributed by atoms with E-state index in [4.69, 9.17) is 28.4 Å². The number of hydrogen-bond donors (Lipinski definition) is 10. The monoisotopic (exact) mass is 686 g/mol. The van der Waals surface area contributed by atoms with Crippen LogP contribution < -0.4 is 20.8 Å². The highest BCUT2D eigenvalue weighted by molar-refractivity contribution is 5.75. The SMILES string of the molecule is CO[C@@H]1O[C@H](CO)[C@@H](O[C@@H]2O[C@H](CO)[C@H]([O-])[C@H](O[C@]3(C(=O)[O-])C[C@H](O)[C@@H](NC(C)=O)[C@H]([C@H](O)[C@H](O)CO)O3)[C@H]2O)[C@H](O)[C@H]1NC(C)=O. The topological polar surface area (TPSA) is 339 Å². The Morgan fingerprint density at radius 2 is 1.49 bits per heavy atom. The smallest absolute Gasteiger partial charge is 0.217 e. The predicted octanol–water partition coefficient (Wildman–Crippen LogP) is -9.39. The van der Waals surface area contributed by atoms with E-state index in [0.717, 1.165) is 13.8 Å². The third kappa shape index (κ3) is 8.52. The molecule has 16 atom stereocenters. The molecule has 0 saturated carbocycles. The maximum atomic E-state index is 13.3. The zero-order valence-corrected chi connectivity index (χ0v) is 25.6. The minimum atomic E-state index is -3.17. The number of carboxylic acid groups (broad SMARTS) is 1. The molecule has 0 spiro atoms. The van der Waals surface area contributed by atoms with Crippen molar-refractivity contribution in [3.05, 3.63) is 0 Å². The van der Waals surface area contributed by atoms with Crippen LogP contribution in [0.25, 0.3) is 0 Å². The van der Waals surface area contributed by atoms with Crippen LogP contribution in [0.2, 0.25) is 0 Å². The van der Waals surface area contributed by atoms with Gasteiger partial charge in [0, 0.05) is 27.4 Å². The zero-order valence-electron chi connectivity index (χ0n) is 25.6. The van der Waals surface area contributed by atoms with Crippen molar-refractivity contribution in [2.75, 3.05) is 26.9 Å². The van der Waals surface area contributed by atoms with Crippen LogP contribution in [0.5, 0.6) is 0 Å². The van der Waals surface area contributed by atoms with Gasteiger partial charge in [0.1, 0.15) is 54.7 Å². The van der Waals surface area contributed by atoms with Crippen LogP contribution in [0.15, 0.2) is 0 Å². The lowest BCUT2D eigenvalue weighted by Crippen LogP contribution is -2.73. The summed E-state index contributed by atoms with van der Waals surface area (Å²) in [6.07, 6.45) is -25.7. The van der Waals surface area contributed by atoms with Crippen LogP contribution in [-0.2, 0) is 42.8 Å². The Bertz CT molecular complexity index is 1070. The number of aliphatic carboxylic acids is 1. The molecule has 0 aromatic carbocycles. The third-order valence-corrected chi connectivity index (χ3v) is 8.04. The lowest BCUT2D eigenvalue weighted by molar-refractivity contribution is -0.506. The molecule has 272 valence electrons. The van der Waals surface area contributed by atoms with E-state index in [0.29, 0.717) is 0 Å². The fourth-order valence-corrected chi connectivity index (χ4v) is 5.73. The highest BCUT2D eigenvalue weighted by Gasteiger charge is 2.56. The van der Waals surface area contributed by atoms with Crippen LogP contribution in [-0.4, -0.2) is 183 Å². The molecule has 0 unspecified atom stereocenters. The van der Waals surface area contributed by atoms with Crippen molar-refractivity contribution in [2.24, 2.45) is 0 Å². The molecule has 0 aromatic rings. The summed E-state index contributed by atoms with van der Waals surface area (Å²) in [5.74, 6) is -6.80. The van der Waals surface area contributed by atoms with Gasteiger partial charge in [-0.25, -0.2) is 0 Å². The van der Waals surface area contributed by atoms with Gasteiger partial charge >= 0.3 is 0 Å². The van der Waals surface area contributed by atoms with E-state index < -0.39 is 142 Å². The second kappa shape index (κ2) is 16.5. The highest BCUT2D eigenvalue weighted by Crippen LogP contribution is 2.37. The second-order valence-corrected chi connectivity index (χ2v) is 11.4. The van der Waals surface area contributed by atoms with Crippen molar-refractivity contribution in [1.82, 2.24) is 10.6 Å². The van der Waals surface area contributed by atoms with E-state index >= 15 is 0 Å². The Kier molecular flexibility index (Phi) is 13.8. The first-order valence-corrected chi connectivity index (χ1v) is 14.5. The van der Waals surface area contributed by atoms with Gasteiger partial charge < -0.3 is 94.9 Å². The minimum absolute atomic E-state index is 0.615. The Balaban J connectivity index is 1.96. The Morgan fingerprint density at radius 1 is 0.915 bits per heavy atom. The van der Waals surface area contributed by atoms with E-state index in [2.05, 4.69) is 10.6 Å². The molecule has 21 nitrogen and oxygen atoms in total. The van der Waals surface area contributed by atoms with E-state index in [9.17, 15) is 65.4 Å². The summed E-state index contributed by atoms with van der Waals surface area (Å²) < 4.78 is 32.7. The van der Waals surface area contributed by atoms with Gasteiger partial charge in [-0.1, -0.05) is 6.10 Å². The largest absolute Gasteiger partial charge is 0.848 e. The summed E-state index contributed by atoms with van der Waals surface area (Å²) in [6.45, 7) is -0.753. The van der Waals surface area contributed by atoms with Gasteiger partial charge in [-0.05, 0) is 0 Å². The molecule has 0 radical (unpaired) electrons. The molecule has 0 aromatic heterocycles. The number of hydrogen-bond acceptors (Lipinski definition) is 19. The van der Waals surface area contributed by atoms with Crippen molar-refractivity contribution >= 4 is 17.8 Å². The summed E-state index contributed by atoms with van der Waals surface area (Å²) in [4.78, 5) is 36.1. The van der Waals surface area contributed by atoms with Gasteiger partial charge in [0.25, 0.3) is 0 Å². The lowest BCUT2D eigenvalue weighted by Gasteiger charge is -2.54. The molecule has 3 aliphatic rings. The van der Waals surface area contributed by atoms with Gasteiger partial charge in [-0.15, -0.1) is 0 Å². The molecular weight excluding hydrogens is 644 g/mol. The summed E-state index contributed by atoms with van der Waals surface area (Å²) in [5.41, 5.74) is 0. The number of carbonyl (C=O) groups is 3. The maximum absolute atomic E-state index is 13.3. The van der Waals surface area contributed by atoms with Crippen molar-refractivity contribution in [3.63, 3.8) is 0 Å². The van der Waals surface area contributed by atoms with E-state index in [1.807, 2.05) is 0 Å². The molecule has 0 aliphatic carbocycles. The molecule has 3 saturated heterocycles. The van der Waals surface area contributed by atoms with E-state index in [1.54, 1.807) is 0 Å².